The van der Waals surface area contributed by atoms with Gasteiger partial charge in [0.05, 0.1) is 17.6 Å². The van der Waals surface area contributed by atoms with E-state index in [9.17, 15) is 9.59 Å². The van der Waals surface area contributed by atoms with Crippen molar-refractivity contribution in [3.63, 3.8) is 0 Å². The van der Waals surface area contributed by atoms with Gasteiger partial charge in [0.1, 0.15) is 5.82 Å². The van der Waals surface area contributed by atoms with Crippen LogP contribution in [0.2, 0.25) is 0 Å². The van der Waals surface area contributed by atoms with Gasteiger partial charge in [-0.05, 0) is 37.1 Å². The second-order valence-electron chi connectivity index (χ2n) is 5.45. The highest BCUT2D eigenvalue weighted by atomic mass is 16.2. The van der Waals surface area contributed by atoms with E-state index in [1.54, 1.807) is 22.8 Å². The number of H-pyrrole nitrogens is 1. The third-order valence-corrected chi connectivity index (χ3v) is 3.88. The maximum Gasteiger partial charge on any atom is 0.326 e. The SMILES string of the molecule is NC1=CCN(C(=O)c2ccc3c(c2)[nH]c(=O)n3C2CC2)N1. The Balaban J connectivity index is 1.71. The van der Waals surface area contributed by atoms with Crippen LogP contribution in [0.1, 0.15) is 29.2 Å². The third kappa shape index (κ3) is 1.89. The van der Waals surface area contributed by atoms with Gasteiger partial charge in [-0.25, -0.2) is 9.80 Å². The first-order chi connectivity index (χ1) is 10.1. The van der Waals surface area contributed by atoms with E-state index < -0.39 is 0 Å². The fraction of sp³-hybridized carbons (Fsp3) is 0.286. The Morgan fingerprint density at radius 3 is 2.81 bits per heavy atom. The van der Waals surface area contributed by atoms with Gasteiger partial charge in [-0.15, -0.1) is 0 Å². The molecule has 0 radical (unpaired) electrons. The van der Waals surface area contributed by atoms with Gasteiger partial charge in [0.15, 0.2) is 0 Å². The number of nitrogens with zero attached hydrogens (tertiary/aromatic N) is 2. The Labute approximate surface area is 120 Å². The summed E-state index contributed by atoms with van der Waals surface area (Å²) < 4.78 is 1.78. The number of hydrogen-bond acceptors (Lipinski definition) is 4. The average molecular weight is 285 g/mol. The van der Waals surface area contributed by atoms with E-state index in [-0.39, 0.29) is 11.6 Å². The van der Waals surface area contributed by atoms with E-state index in [0.29, 0.717) is 29.5 Å². The topological polar surface area (TPSA) is 96.2 Å². The van der Waals surface area contributed by atoms with E-state index in [2.05, 4.69) is 10.4 Å². The number of imidazole rings is 1. The highest BCUT2D eigenvalue weighted by Crippen LogP contribution is 2.35. The first-order valence-corrected chi connectivity index (χ1v) is 6.92. The minimum atomic E-state index is -0.173. The third-order valence-electron chi connectivity index (χ3n) is 3.88. The monoisotopic (exact) mass is 285 g/mol. The zero-order valence-corrected chi connectivity index (χ0v) is 11.3. The molecule has 1 aromatic carbocycles. The van der Waals surface area contributed by atoms with E-state index in [1.165, 1.54) is 5.01 Å². The lowest BCUT2D eigenvalue weighted by atomic mass is 10.2. The predicted octanol–water partition coefficient (Wildman–Crippen LogP) is 0.425. The van der Waals surface area contributed by atoms with Crippen molar-refractivity contribution in [1.29, 1.82) is 0 Å². The first kappa shape index (κ1) is 12.1. The zero-order valence-electron chi connectivity index (χ0n) is 11.3. The standard InChI is InChI=1S/C14H15N5O2/c15-12-5-6-18(17-12)13(20)8-1-4-11-10(7-8)16-14(21)19(11)9-2-3-9/h1,4-5,7,9,17H,2-3,6,15H2,(H,16,21). The molecule has 0 unspecified atom stereocenters. The molecule has 1 aliphatic heterocycles. The summed E-state index contributed by atoms with van der Waals surface area (Å²) >= 11 is 0. The van der Waals surface area contributed by atoms with Gasteiger partial charge in [0.25, 0.3) is 5.91 Å². The fourth-order valence-corrected chi connectivity index (χ4v) is 2.69. The Bertz CT molecular complexity index is 827. The molecule has 0 spiro atoms. The molecular formula is C14H15N5O2. The van der Waals surface area contributed by atoms with Crippen molar-refractivity contribution in [3.05, 3.63) is 46.1 Å². The molecule has 0 atom stereocenters. The predicted molar refractivity (Wildman–Crippen MR) is 77.3 cm³/mol. The summed E-state index contributed by atoms with van der Waals surface area (Å²) in [4.78, 5) is 27.1. The summed E-state index contributed by atoms with van der Waals surface area (Å²) in [5, 5.41) is 1.44. The Kier molecular flexibility index (Phi) is 2.38. The van der Waals surface area contributed by atoms with E-state index >= 15 is 0 Å². The molecule has 2 aromatic rings. The fourth-order valence-electron chi connectivity index (χ4n) is 2.69. The normalized spacial score (nSPS) is 17.9. The molecule has 1 saturated carbocycles. The largest absolute Gasteiger partial charge is 0.384 e. The smallest absolute Gasteiger partial charge is 0.326 e. The number of rotatable bonds is 2. The van der Waals surface area contributed by atoms with Crippen molar-refractivity contribution in [2.24, 2.45) is 5.73 Å². The number of fused-ring (bicyclic) bond motifs is 1. The number of hydrazine groups is 1. The van der Waals surface area contributed by atoms with Crippen LogP contribution in [0, 0.1) is 0 Å². The van der Waals surface area contributed by atoms with Crippen molar-refractivity contribution in [1.82, 2.24) is 20.0 Å². The van der Waals surface area contributed by atoms with Gasteiger partial charge >= 0.3 is 5.69 Å². The van der Waals surface area contributed by atoms with Gasteiger partial charge in [-0.3, -0.25) is 14.8 Å². The number of aromatic nitrogens is 2. The number of hydrogen-bond donors (Lipinski definition) is 3. The van der Waals surface area contributed by atoms with Crippen molar-refractivity contribution >= 4 is 16.9 Å². The highest BCUT2D eigenvalue weighted by molar-refractivity contribution is 5.97. The van der Waals surface area contributed by atoms with Crippen LogP contribution < -0.4 is 16.8 Å². The quantitative estimate of drug-likeness (QED) is 0.745. The van der Waals surface area contributed by atoms with Crippen LogP contribution in [0.3, 0.4) is 0 Å². The summed E-state index contributed by atoms with van der Waals surface area (Å²) in [7, 11) is 0. The summed E-state index contributed by atoms with van der Waals surface area (Å²) in [6, 6.07) is 5.59. The van der Waals surface area contributed by atoms with Gasteiger partial charge < -0.3 is 10.7 Å². The molecule has 1 aliphatic carbocycles. The molecule has 0 saturated heterocycles. The van der Waals surface area contributed by atoms with Crippen LogP contribution in [0.4, 0.5) is 0 Å². The number of carbonyl (C=O) groups excluding carboxylic acids is 1. The Morgan fingerprint density at radius 2 is 2.14 bits per heavy atom. The molecule has 4 rings (SSSR count). The molecule has 1 fully saturated rings. The van der Waals surface area contributed by atoms with Crippen LogP contribution in [-0.4, -0.2) is 27.0 Å². The molecule has 2 aliphatic rings. The van der Waals surface area contributed by atoms with Crippen LogP contribution >= 0.6 is 0 Å². The molecule has 7 nitrogen and oxygen atoms in total. The second-order valence-corrected chi connectivity index (χ2v) is 5.45. The van der Waals surface area contributed by atoms with E-state index in [4.69, 9.17) is 5.73 Å². The maximum atomic E-state index is 12.3. The van der Waals surface area contributed by atoms with Gasteiger partial charge in [-0.2, -0.15) is 0 Å². The van der Waals surface area contributed by atoms with Crippen molar-refractivity contribution in [2.75, 3.05) is 6.54 Å². The minimum absolute atomic E-state index is 0.109. The lowest BCUT2D eigenvalue weighted by Crippen LogP contribution is -2.39. The van der Waals surface area contributed by atoms with Gasteiger partial charge in [-0.1, -0.05) is 0 Å². The molecule has 1 aromatic heterocycles. The number of nitrogens with one attached hydrogen (secondary N) is 2. The number of nitrogens with two attached hydrogens (primary N) is 1. The molecule has 1 amide bonds. The molecule has 2 heterocycles. The lowest BCUT2D eigenvalue weighted by molar-refractivity contribution is 0.0731. The van der Waals surface area contributed by atoms with Gasteiger partial charge in [0, 0.05) is 11.6 Å². The summed E-state index contributed by atoms with van der Waals surface area (Å²) in [5.41, 5.74) is 10.3. The number of aromatic amines is 1. The maximum absolute atomic E-state index is 12.3. The van der Waals surface area contributed by atoms with Crippen molar-refractivity contribution in [3.8, 4) is 0 Å². The summed E-state index contributed by atoms with van der Waals surface area (Å²) in [6.07, 6.45) is 3.81. The average Bonchev–Trinajstić information content (AvgIpc) is 3.11. The summed E-state index contributed by atoms with van der Waals surface area (Å²) in [6.45, 7) is 0.433. The Hall–Kier alpha value is -2.70. The minimum Gasteiger partial charge on any atom is -0.384 e. The Morgan fingerprint density at radius 1 is 1.33 bits per heavy atom. The summed E-state index contributed by atoms with van der Waals surface area (Å²) in [5.74, 6) is 0.298. The molecule has 7 heteroatoms. The van der Waals surface area contributed by atoms with Crippen LogP contribution in [-0.2, 0) is 0 Å². The highest BCUT2D eigenvalue weighted by Gasteiger charge is 2.27. The molecule has 21 heavy (non-hydrogen) atoms. The molecule has 0 bridgehead atoms. The molecular weight excluding hydrogens is 270 g/mol. The molecule has 4 N–H and O–H groups in total. The van der Waals surface area contributed by atoms with Crippen LogP contribution in [0.5, 0.6) is 0 Å². The van der Waals surface area contributed by atoms with Crippen LogP contribution in [0.15, 0.2) is 34.9 Å². The second kappa shape index (κ2) is 4.15. The lowest BCUT2D eigenvalue weighted by Gasteiger charge is -2.17. The van der Waals surface area contributed by atoms with E-state index in [1.807, 2.05) is 6.07 Å². The van der Waals surface area contributed by atoms with Crippen molar-refractivity contribution in [2.45, 2.75) is 18.9 Å². The first-order valence-electron chi connectivity index (χ1n) is 6.92. The molecule has 108 valence electrons. The number of carbonyl (C=O) groups is 1. The zero-order chi connectivity index (χ0) is 14.6. The van der Waals surface area contributed by atoms with Crippen molar-refractivity contribution < 1.29 is 4.79 Å². The van der Waals surface area contributed by atoms with Gasteiger partial charge in [0.2, 0.25) is 0 Å². The van der Waals surface area contributed by atoms with Crippen LogP contribution in [0.25, 0.3) is 11.0 Å². The number of benzene rings is 1. The van der Waals surface area contributed by atoms with E-state index in [0.717, 1.165) is 18.4 Å². The number of amides is 1.